The van der Waals surface area contributed by atoms with Crippen molar-refractivity contribution < 1.29 is 9.90 Å². The number of carbonyl (C=O) groups excluding carboxylic acids is 1. The van der Waals surface area contributed by atoms with E-state index < -0.39 is 0 Å². The summed E-state index contributed by atoms with van der Waals surface area (Å²) < 4.78 is 0. The molecule has 0 aliphatic heterocycles. The number of hydrogen-bond acceptors (Lipinski definition) is 3. The first kappa shape index (κ1) is 14.6. The Morgan fingerprint density at radius 3 is 2.20 bits per heavy atom. The van der Waals surface area contributed by atoms with Crippen molar-refractivity contribution >= 4 is 17.8 Å². The number of carbonyl (C=O) groups is 1. The predicted molar refractivity (Wildman–Crippen MR) is 65.3 cm³/mol. The van der Waals surface area contributed by atoms with Crippen LogP contribution in [-0.4, -0.2) is 41.8 Å². The molecular formula is C10H22N2O2S. The van der Waals surface area contributed by atoms with E-state index in [2.05, 4.69) is 10.6 Å². The summed E-state index contributed by atoms with van der Waals surface area (Å²) in [5.41, 5.74) is 0. The Hall–Kier alpha value is -0.420. The number of nitrogens with one attached hydrogen (secondary N) is 2. The van der Waals surface area contributed by atoms with E-state index in [1.165, 1.54) is 0 Å². The molecule has 0 rings (SSSR count). The Balaban J connectivity index is 3.88. The van der Waals surface area contributed by atoms with Crippen LogP contribution in [-0.2, 0) is 0 Å². The fourth-order valence-corrected chi connectivity index (χ4v) is 1.87. The minimum Gasteiger partial charge on any atom is -0.394 e. The van der Waals surface area contributed by atoms with Crippen molar-refractivity contribution in [3.63, 3.8) is 0 Å². The number of thioether (sulfide) groups is 1. The van der Waals surface area contributed by atoms with Gasteiger partial charge in [0.05, 0.1) is 12.6 Å². The molecule has 0 bridgehead atoms. The van der Waals surface area contributed by atoms with E-state index in [1.54, 1.807) is 11.8 Å². The highest BCUT2D eigenvalue weighted by Gasteiger charge is 2.12. The summed E-state index contributed by atoms with van der Waals surface area (Å²) in [4.78, 5) is 11.5. The van der Waals surface area contributed by atoms with Gasteiger partial charge in [-0.15, -0.1) is 0 Å². The Labute approximate surface area is 96.2 Å². The number of hydrogen-bond donors (Lipinski definition) is 3. The largest absolute Gasteiger partial charge is 0.394 e. The van der Waals surface area contributed by atoms with Crippen LogP contribution < -0.4 is 10.6 Å². The van der Waals surface area contributed by atoms with Crippen molar-refractivity contribution in [2.24, 2.45) is 0 Å². The Kier molecular flexibility index (Phi) is 8.61. The van der Waals surface area contributed by atoms with E-state index >= 15 is 0 Å². The molecule has 3 N–H and O–H groups in total. The quantitative estimate of drug-likeness (QED) is 0.620. The summed E-state index contributed by atoms with van der Waals surface area (Å²) in [6.07, 6.45) is 3.68. The summed E-state index contributed by atoms with van der Waals surface area (Å²) in [6.45, 7) is 3.97. The van der Waals surface area contributed by atoms with E-state index in [0.29, 0.717) is 0 Å². The van der Waals surface area contributed by atoms with Crippen LogP contribution in [0.15, 0.2) is 0 Å². The molecule has 2 atom stereocenters. The highest BCUT2D eigenvalue weighted by molar-refractivity contribution is 7.98. The lowest BCUT2D eigenvalue weighted by molar-refractivity contribution is 0.212. The lowest BCUT2D eigenvalue weighted by Crippen LogP contribution is -2.47. The van der Waals surface area contributed by atoms with Crippen molar-refractivity contribution in [1.29, 1.82) is 0 Å². The van der Waals surface area contributed by atoms with Crippen molar-refractivity contribution in [3.8, 4) is 0 Å². The minimum atomic E-state index is -0.184. The van der Waals surface area contributed by atoms with E-state index in [1.807, 2.05) is 20.1 Å². The molecule has 0 saturated heterocycles. The number of amides is 2. The van der Waals surface area contributed by atoms with E-state index in [4.69, 9.17) is 5.11 Å². The summed E-state index contributed by atoms with van der Waals surface area (Å²) in [5.74, 6) is 0.917. The smallest absolute Gasteiger partial charge is 0.315 e. The van der Waals surface area contributed by atoms with Crippen molar-refractivity contribution in [2.75, 3.05) is 18.6 Å². The fourth-order valence-electron chi connectivity index (χ4n) is 1.15. The average molecular weight is 234 g/mol. The van der Waals surface area contributed by atoms with Crippen LogP contribution in [0.25, 0.3) is 0 Å². The lowest BCUT2D eigenvalue weighted by Gasteiger charge is -2.19. The third-order valence-corrected chi connectivity index (χ3v) is 2.98. The van der Waals surface area contributed by atoms with E-state index in [9.17, 15) is 4.79 Å². The number of aliphatic hydroxyl groups excluding tert-OH is 1. The monoisotopic (exact) mass is 234 g/mol. The van der Waals surface area contributed by atoms with Gasteiger partial charge in [-0.1, -0.05) is 13.8 Å². The van der Waals surface area contributed by atoms with Gasteiger partial charge in [-0.25, -0.2) is 4.79 Å². The first-order chi connectivity index (χ1) is 7.17. The second-order valence-electron chi connectivity index (χ2n) is 3.47. The summed E-state index contributed by atoms with van der Waals surface area (Å²) in [7, 11) is 0. The topological polar surface area (TPSA) is 61.4 Å². The van der Waals surface area contributed by atoms with Crippen LogP contribution in [0.4, 0.5) is 4.79 Å². The molecule has 0 heterocycles. The zero-order valence-electron chi connectivity index (χ0n) is 9.75. The second-order valence-corrected chi connectivity index (χ2v) is 4.38. The van der Waals surface area contributed by atoms with Gasteiger partial charge in [0.25, 0.3) is 0 Å². The average Bonchev–Trinajstić information content (AvgIpc) is 2.25. The van der Waals surface area contributed by atoms with Crippen LogP contribution in [0.5, 0.6) is 0 Å². The maximum absolute atomic E-state index is 11.5. The molecule has 0 fully saturated rings. The van der Waals surface area contributed by atoms with Crippen molar-refractivity contribution in [2.45, 2.75) is 38.8 Å². The molecular weight excluding hydrogens is 212 g/mol. The van der Waals surface area contributed by atoms with Gasteiger partial charge in [-0.3, -0.25) is 0 Å². The van der Waals surface area contributed by atoms with Gasteiger partial charge in [-0.2, -0.15) is 11.8 Å². The SMILES string of the molecule is CCC(CO)NC(=O)NC(CC)CSC. The predicted octanol–water partition coefficient (Wildman–Crippen LogP) is 1.20. The molecule has 0 aromatic rings. The molecule has 0 aliphatic carbocycles. The standard InChI is InChI=1S/C10H22N2O2S/c1-4-8(6-13)11-10(14)12-9(5-2)7-15-3/h8-9,13H,4-7H2,1-3H3,(H2,11,12,14). The molecule has 90 valence electrons. The van der Waals surface area contributed by atoms with Crippen molar-refractivity contribution in [3.05, 3.63) is 0 Å². The fraction of sp³-hybridized carbons (Fsp3) is 0.900. The normalized spacial score (nSPS) is 14.4. The number of urea groups is 1. The molecule has 2 amide bonds. The van der Waals surface area contributed by atoms with Crippen LogP contribution in [0.3, 0.4) is 0 Å². The molecule has 2 unspecified atom stereocenters. The highest BCUT2D eigenvalue weighted by atomic mass is 32.2. The van der Waals surface area contributed by atoms with Gasteiger partial charge in [0.1, 0.15) is 0 Å². The van der Waals surface area contributed by atoms with Crippen LogP contribution >= 0.6 is 11.8 Å². The first-order valence-corrected chi connectivity index (χ1v) is 6.74. The summed E-state index contributed by atoms with van der Waals surface area (Å²) in [5, 5.41) is 14.5. The maximum Gasteiger partial charge on any atom is 0.315 e. The van der Waals surface area contributed by atoms with Gasteiger partial charge in [0.15, 0.2) is 0 Å². The number of rotatable bonds is 7. The molecule has 5 heteroatoms. The van der Waals surface area contributed by atoms with Crippen LogP contribution in [0.2, 0.25) is 0 Å². The van der Waals surface area contributed by atoms with Crippen molar-refractivity contribution in [1.82, 2.24) is 10.6 Å². The van der Waals surface area contributed by atoms with E-state index in [-0.39, 0.29) is 24.7 Å². The molecule has 4 nitrogen and oxygen atoms in total. The summed E-state index contributed by atoms with van der Waals surface area (Å²) >= 11 is 1.71. The maximum atomic E-state index is 11.5. The Bertz CT molecular complexity index is 175. The Morgan fingerprint density at radius 1 is 1.27 bits per heavy atom. The van der Waals surface area contributed by atoms with Crippen LogP contribution in [0, 0.1) is 0 Å². The molecule has 0 radical (unpaired) electrons. The highest BCUT2D eigenvalue weighted by Crippen LogP contribution is 2.00. The molecule has 0 saturated carbocycles. The molecule has 15 heavy (non-hydrogen) atoms. The van der Waals surface area contributed by atoms with Gasteiger partial charge in [-0.05, 0) is 19.1 Å². The van der Waals surface area contributed by atoms with Gasteiger partial charge in [0.2, 0.25) is 0 Å². The lowest BCUT2D eigenvalue weighted by atomic mass is 10.2. The number of aliphatic hydroxyl groups is 1. The molecule has 0 aromatic heterocycles. The second kappa shape index (κ2) is 8.85. The van der Waals surface area contributed by atoms with Gasteiger partial charge < -0.3 is 15.7 Å². The molecule has 0 spiro atoms. The molecule has 0 aliphatic rings. The first-order valence-electron chi connectivity index (χ1n) is 5.34. The van der Waals surface area contributed by atoms with Crippen LogP contribution in [0.1, 0.15) is 26.7 Å². The zero-order valence-corrected chi connectivity index (χ0v) is 10.6. The van der Waals surface area contributed by atoms with E-state index in [0.717, 1.165) is 18.6 Å². The summed E-state index contributed by atoms with van der Waals surface area (Å²) in [6, 6.07) is -0.121. The molecule has 0 aromatic carbocycles. The minimum absolute atomic E-state index is 0.0107. The zero-order chi connectivity index (χ0) is 11.7. The third-order valence-electron chi connectivity index (χ3n) is 2.24. The third kappa shape index (κ3) is 6.62. The van der Waals surface area contributed by atoms with Gasteiger partial charge >= 0.3 is 6.03 Å². The Morgan fingerprint density at radius 2 is 1.80 bits per heavy atom. The van der Waals surface area contributed by atoms with Gasteiger partial charge in [0, 0.05) is 11.8 Å².